The van der Waals surface area contributed by atoms with E-state index in [9.17, 15) is 9.59 Å². The van der Waals surface area contributed by atoms with Crippen molar-refractivity contribution in [3.63, 3.8) is 0 Å². The number of likely N-dealkylation sites (N-methyl/N-ethyl adjacent to an activating group) is 1. The summed E-state index contributed by atoms with van der Waals surface area (Å²) in [7, 11) is 0. The Bertz CT molecular complexity index is 952. The second-order valence-corrected chi connectivity index (χ2v) is 7.17. The van der Waals surface area contributed by atoms with Crippen molar-refractivity contribution in [2.45, 2.75) is 13.8 Å². The van der Waals surface area contributed by atoms with Crippen LogP contribution in [0.4, 0.5) is 5.69 Å². The average molecular weight is 395 g/mol. The molecule has 0 saturated carbocycles. The Morgan fingerprint density at radius 1 is 1.21 bits per heavy atom. The van der Waals surface area contributed by atoms with E-state index in [2.05, 4.69) is 4.99 Å². The molecule has 1 aliphatic rings. The van der Waals surface area contributed by atoms with Gasteiger partial charge in [0.2, 0.25) is 0 Å². The van der Waals surface area contributed by atoms with Crippen LogP contribution in [-0.4, -0.2) is 35.0 Å². The summed E-state index contributed by atoms with van der Waals surface area (Å²) in [5, 5.41) is 0.675. The zero-order valence-corrected chi connectivity index (χ0v) is 16.5. The van der Waals surface area contributed by atoms with Crippen LogP contribution in [-0.2, 0) is 9.59 Å². The molecule has 1 saturated heterocycles. The summed E-state index contributed by atoms with van der Waals surface area (Å²) in [4.78, 5) is 30.5. The van der Waals surface area contributed by atoms with E-state index in [1.165, 1.54) is 11.8 Å². The fourth-order valence-electron chi connectivity index (χ4n) is 2.63. The number of hydrogen-bond acceptors (Lipinski definition) is 5. The summed E-state index contributed by atoms with van der Waals surface area (Å²) in [6, 6.07) is 14.9. The maximum Gasteiger partial charge on any atom is 0.266 e. The van der Waals surface area contributed by atoms with Crippen molar-refractivity contribution in [2.75, 3.05) is 13.2 Å². The van der Waals surface area contributed by atoms with E-state index in [1.54, 1.807) is 17.0 Å². The van der Waals surface area contributed by atoms with Gasteiger partial charge in [0.1, 0.15) is 5.75 Å². The Hall–Kier alpha value is -3.06. The smallest absolute Gasteiger partial charge is 0.266 e. The number of ether oxygens (including phenoxy) is 1. The number of amides is 2. The molecule has 2 N–H and O–H groups in total. The van der Waals surface area contributed by atoms with E-state index in [1.807, 2.05) is 56.3 Å². The van der Waals surface area contributed by atoms with Crippen molar-refractivity contribution in [3.05, 3.63) is 64.6 Å². The molecule has 2 amide bonds. The molecule has 7 heteroatoms. The standard InChI is InChI=1S/C21H21N3O3S/c1-3-24-20(26)18(28-21(24)23-17-7-5-4-6-14(17)2)12-15-8-10-16(11-9-15)27-13-19(22)25/h4-12H,3,13H2,1-2H3,(H2,22,25)/b18-12+,23-21?. The molecule has 0 aliphatic carbocycles. The van der Waals surface area contributed by atoms with E-state index >= 15 is 0 Å². The van der Waals surface area contributed by atoms with Crippen molar-refractivity contribution in [1.82, 2.24) is 4.90 Å². The first-order valence-electron chi connectivity index (χ1n) is 8.85. The highest BCUT2D eigenvalue weighted by atomic mass is 32.2. The van der Waals surface area contributed by atoms with Crippen molar-refractivity contribution < 1.29 is 14.3 Å². The first-order chi connectivity index (χ1) is 13.5. The number of aliphatic imine (C=N–C) groups is 1. The zero-order chi connectivity index (χ0) is 20.1. The third-order valence-corrected chi connectivity index (χ3v) is 5.10. The van der Waals surface area contributed by atoms with Gasteiger partial charge >= 0.3 is 0 Å². The van der Waals surface area contributed by atoms with Gasteiger partial charge in [0.15, 0.2) is 11.8 Å². The van der Waals surface area contributed by atoms with E-state index in [4.69, 9.17) is 10.5 Å². The molecule has 1 fully saturated rings. The highest BCUT2D eigenvalue weighted by Gasteiger charge is 2.32. The lowest BCUT2D eigenvalue weighted by Crippen LogP contribution is -2.28. The Morgan fingerprint density at radius 2 is 1.93 bits per heavy atom. The molecule has 3 rings (SSSR count). The summed E-state index contributed by atoms with van der Waals surface area (Å²) >= 11 is 1.36. The number of carbonyl (C=O) groups is 2. The zero-order valence-electron chi connectivity index (χ0n) is 15.7. The number of nitrogens with zero attached hydrogens (tertiary/aromatic N) is 2. The Labute approximate surface area is 168 Å². The monoisotopic (exact) mass is 395 g/mol. The van der Waals surface area contributed by atoms with Gasteiger partial charge in [0.05, 0.1) is 10.6 Å². The summed E-state index contributed by atoms with van der Waals surface area (Å²) in [5.74, 6) is -0.0449. The van der Waals surface area contributed by atoms with Gasteiger partial charge in [-0.2, -0.15) is 0 Å². The van der Waals surface area contributed by atoms with Crippen molar-refractivity contribution in [3.8, 4) is 5.75 Å². The molecule has 0 spiro atoms. The molecule has 6 nitrogen and oxygen atoms in total. The second-order valence-electron chi connectivity index (χ2n) is 6.16. The molecule has 2 aromatic rings. The van der Waals surface area contributed by atoms with Gasteiger partial charge in [-0.05, 0) is 61.0 Å². The van der Waals surface area contributed by atoms with Crippen LogP contribution in [0.2, 0.25) is 0 Å². The van der Waals surface area contributed by atoms with Crippen LogP contribution in [0.3, 0.4) is 0 Å². The Morgan fingerprint density at radius 3 is 2.57 bits per heavy atom. The number of thioether (sulfide) groups is 1. The van der Waals surface area contributed by atoms with Crippen LogP contribution < -0.4 is 10.5 Å². The molecule has 1 heterocycles. The lowest BCUT2D eigenvalue weighted by molar-refractivity contribution is -0.122. The summed E-state index contributed by atoms with van der Waals surface area (Å²) < 4.78 is 5.25. The summed E-state index contributed by atoms with van der Waals surface area (Å²) in [6.45, 7) is 4.31. The normalized spacial score (nSPS) is 16.8. The molecule has 0 unspecified atom stereocenters. The van der Waals surface area contributed by atoms with Crippen LogP contribution in [0.5, 0.6) is 5.75 Å². The summed E-state index contributed by atoms with van der Waals surface area (Å²) in [5.41, 5.74) is 7.84. The fourth-order valence-corrected chi connectivity index (χ4v) is 3.68. The van der Waals surface area contributed by atoms with Crippen molar-refractivity contribution in [1.29, 1.82) is 0 Å². The highest BCUT2D eigenvalue weighted by Crippen LogP contribution is 2.34. The number of rotatable bonds is 6. The molecule has 0 radical (unpaired) electrons. The maximum atomic E-state index is 12.8. The van der Waals surface area contributed by atoms with Crippen LogP contribution in [0.15, 0.2) is 58.4 Å². The maximum absolute atomic E-state index is 12.8. The predicted molar refractivity (Wildman–Crippen MR) is 112 cm³/mol. The SMILES string of the molecule is CCN1C(=O)/C(=C\c2ccc(OCC(N)=O)cc2)SC1=Nc1ccccc1C. The minimum atomic E-state index is -0.528. The van der Waals surface area contributed by atoms with Crippen LogP contribution in [0.1, 0.15) is 18.1 Å². The first-order valence-corrected chi connectivity index (χ1v) is 9.66. The van der Waals surface area contributed by atoms with Crippen LogP contribution in [0.25, 0.3) is 6.08 Å². The van der Waals surface area contributed by atoms with Gasteiger partial charge in [0, 0.05) is 6.54 Å². The van der Waals surface area contributed by atoms with Gasteiger partial charge in [-0.3, -0.25) is 14.5 Å². The molecular weight excluding hydrogens is 374 g/mol. The van der Waals surface area contributed by atoms with E-state index in [-0.39, 0.29) is 12.5 Å². The molecule has 1 aliphatic heterocycles. The topological polar surface area (TPSA) is 85.0 Å². The second kappa shape index (κ2) is 8.75. The lowest BCUT2D eigenvalue weighted by atomic mass is 10.2. The number of carbonyl (C=O) groups excluding carboxylic acids is 2. The lowest BCUT2D eigenvalue weighted by Gasteiger charge is -2.12. The van der Waals surface area contributed by atoms with Gasteiger partial charge in [-0.15, -0.1) is 0 Å². The molecule has 144 valence electrons. The third kappa shape index (κ3) is 4.61. The summed E-state index contributed by atoms with van der Waals surface area (Å²) in [6.07, 6.45) is 1.83. The van der Waals surface area contributed by atoms with Gasteiger partial charge < -0.3 is 10.5 Å². The number of hydrogen-bond donors (Lipinski definition) is 1. The minimum Gasteiger partial charge on any atom is -0.484 e. The number of benzene rings is 2. The van der Waals surface area contributed by atoms with Gasteiger partial charge in [-0.25, -0.2) is 4.99 Å². The van der Waals surface area contributed by atoms with E-state index in [0.717, 1.165) is 16.8 Å². The fraction of sp³-hybridized carbons (Fsp3) is 0.190. The average Bonchev–Trinajstić information content (AvgIpc) is 2.97. The van der Waals surface area contributed by atoms with Crippen molar-refractivity contribution in [2.24, 2.45) is 10.7 Å². The van der Waals surface area contributed by atoms with E-state index < -0.39 is 5.91 Å². The Balaban J connectivity index is 1.82. The Kier molecular flexibility index (Phi) is 6.16. The molecule has 0 aromatic heterocycles. The van der Waals surface area contributed by atoms with Gasteiger partial charge in [-0.1, -0.05) is 30.3 Å². The van der Waals surface area contributed by atoms with Crippen LogP contribution >= 0.6 is 11.8 Å². The number of aryl methyl sites for hydroxylation is 1. The minimum absolute atomic E-state index is 0.0612. The van der Waals surface area contributed by atoms with Crippen molar-refractivity contribution >= 4 is 40.5 Å². The molecular formula is C21H21N3O3S. The highest BCUT2D eigenvalue weighted by molar-refractivity contribution is 8.18. The molecule has 2 aromatic carbocycles. The number of amidine groups is 1. The number of primary amides is 1. The first kappa shape index (κ1) is 19.7. The van der Waals surface area contributed by atoms with E-state index in [0.29, 0.717) is 22.4 Å². The van der Waals surface area contributed by atoms with Crippen LogP contribution in [0, 0.1) is 6.92 Å². The largest absolute Gasteiger partial charge is 0.484 e. The number of para-hydroxylation sites is 1. The third-order valence-electron chi connectivity index (χ3n) is 4.09. The molecule has 0 bridgehead atoms. The van der Waals surface area contributed by atoms with Gasteiger partial charge in [0.25, 0.3) is 11.8 Å². The predicted octanol–water partition coefficient (Wildman–Crippen LogP) is 3.48. The molecule has 28 heavy (non-hydrogen) atoms. The number of nitrogens with two attached hydrogens (primary N) is 1. The quantitative estimate of drug-likeness (QED) is 0.759. The molecule has 0 atom stereocenters.